The van der Waals surface area contributed by atoms with Crippen molar-refractivity contribution in [2.24, 2.45) is 5.92 Å². The highest BCUT2D eigenvalue weighted by molar-refractivity contribution is 5.73. The van der Waals surface area contributed by atoms with E-state index < -0.39 is 0 Å². The summed E-state index contributed by atoms with van der Waals surface area (Å²) in [4.78, 5) is 21.9. The van der Waals surface area contributed by atoms with Crippen molar-refractivity contribution in [1.82, 2.24) is 4.57 Å². The second kappa shape index (κ2) is 4.03. The van der Waals surface area contributed by atoms with Gasteiger partial charge in [0.15, 0.2) is 6.29 Å². The molecule has 0 aromatic carbocycles. The maximum atomic E-state index is 11.5. The maximum absolute atomic E-state index is 11.5. The number of aromatic nitrogens is 1. The summed E-state index contributed by atoms with van der Waals surface area (Å²) in [6, 6.07) is 3.25. The van der Waals surface area contributed by atoms with Gasteiger partial charge in [-0.2, -0.15) is 0 Å². The number of rotatable bonds is 3. The van der Waals surface area contributed by atoms with Crippen LogP contribution < -0.4 is 5.56 Å². The minimum atomic E-state index is -0.203. The smallest absolute Gasteiger partial charge is 0.261 e. The van der Waals surface area contributed by atoms with E-state index in [4.69, 9.17) is 0 Å². The fourth-order valence-electron chi connectivity index (χ4n) is 1.18. The molecule has 1 rings (SSSR count). The summed E-state index contributed by atoms with van der Waals surface area (Å²) < 4.78 is 1.56. The van der Waals surface area contributed by atoms with Gasteiger partial charge in [0.2, 0.25) is 0 Å². The van der Waals surface area contributed by atoms with Crippen molar-refractivity contribution >= 4 is 6.29 Å². The van der Waals surface area contributed by atoms with E-state index in [9.17, 15) is 9.59 Å². The first-order chi connectivity index (χ1) is 6.15. The second-order valence-electron chi connectivity index (χ2n) is 3.43. The molecule has 0 unspecified atom stereocenters. The van der Waals surface area contributed by atoms with Gasteiger partial charge in [-0.25, -0.2) is 0 Å². The van der Waals surface area contributed by atoms with Gasteiger partial charge in [-0.15, -0.1) is 0 Å². The molecule has 3 heteroatoms. The standard InChI is InChI=1S/C10H13NO2/c1-8(2)6-11-5-3-4-9(7-12)10(11)13/h3-5,7-8H,6H2,1-2H3. The molecule has 1 heterocycles. The number of carbonyl (C=O) groups is 1. The van der Waals surface area contributed by atoms with Gasteiger partial charge in [0.05, 0.1) is 5.56 Å². The van der Waals surface area contributed by atoms with Crippen LogP contribution in [-0.2, 0) is 6.54 Å². The van der Waals surface area contributed by atoms with E-state index >= 15 is 0 Å². The molecule has 1 aromatic heterocycles. The molecule has 0 aliphatic carbocycles. The SMILES string of the molecule is CC(C)Cn1cccc(C=O)c1=O. The number of nitrogens with zero attached hydrogens (tertiary/aromatic N) is 1. The maximum Gasteiger partial charge on any atom is 0.261 e. The molecule has 1 aromatic rings. The zero-order valence-corrected chi connectivity index (χ0v) is 7.86. The Balaban J connectivity index is 3.09. The number of pyridine rings is 1. The number of hydrogen-bond donors (Lipinski definition) is 0. The molecule has 0 amide bonds. The molecular formula is C10H13NO2. The highest BCUT2D eigenvalue weighted by Gasteiger charge is 2.02. The second-order valence-corrected chi connectivity index (χ2v) is 3.43. The van der Waals surface area contributed by atoms with Gasteiger partial charge in [0.1, 0.15) is 0 Å². The Bertz CT molecular complexity index is 352. The molecule has 0 radical (unpaired) electrons. The molecule has 0 fully saturated rings. The quantitative estimate of drug-likeness (QED) is 0.656. The van der Waals surface area contributed by atoms with Crippen molar-refractivity contribution < 1.29 is 4.79 Å². The molecule has 0 atom stereocenters. The zero-order chi connectivity index (χ0) is 9.84. The summed E-state index contributed by atoms with van der Waals surface area (Å²) in [7, 11) is 0. The minimum Gasteiger partial charge on any atom is -0.315 e. The summed E-state index contributed by atoms with van der Waals surface area (Å²) in [5.41, 5.74) is 0.0225. The molecule has 0 aliphatic heterocycles. The van der Waals surface area contributed by atoms with Crippen molar-refractivity contribution in [3.8, 4) is 0 Å². The van der Waals surface area contributed by atoms with E-state index in [0.29, 0.717) is 18.7 Å². The van der Waals surface area contributed by atoms with Crippen LogP contribution in [0.15, 0.2) is 23.1 Å². The van der Waals surface area contributed by atoms with Crippen LogP contribution in [0.5, 0.6) is 0 Å². The average molecular weight is 179 g/mol. The molecule has 13 heavy (non-hydrogen) atoms. The van der Waals surface area contributed by atoms with Gasteiger partial charge in [-0.1, -0.05) is 13.8 Å². The predicted octanol–water partition coefficient (Wildman–Crippen LogP) is 1.32. The molecule has 0 aliphatic rings. The molecule has 0 spiro atoms. The summed E-state index contributed by atoms with van der Waals surface area (Å²) in [5.74, 6) is 0.402. The van der Waals surface area contributed by atoms with Gasteiger partial charge in [0.25, 0.3) is 5.56 Å². The minimum absolute atomic E-state index is 0.203. The normalized spacial score (nSPS) is 10.4. The Morgan fingerprint density at radius 2 is 2.23 bits per heavy atom. The summed E-state index contributed by atoms with van der Waals surface area (Å²) >= 11 is 0. The van der Waals surface area contributed by atoms with Crippen molar-refractivity contribution in [1.29, 1.82) is 0 Å². The van der Waals surface area contributed by atoms with Crippen LogP contribution >= 0.6 is 0 Å². The van der Waals surface area contributed by atoms with Crippen molar-refractivity contribution in [2.45, 2.75) is 20.4 Å². The van der Waals surface area contributed by atoms with Crippen LogP contribution in [0.2, 0.25) is 0 Å². The topological polar surface area (TPSA) is 39.1 Å². The Morgan fingerprint density at radius 3 is 2.77 bits per heavy atom. The third-order valence-corrected chi connectivity index (χ3v) is 1.74. The van der Waals surface area contributed by atoms with Crippen LogP contribution in [0.4, 0.5) is 0 Å². The predicted molar refractivity (Wildman–Crippen MR) is 50.9 cm³/mol. The largest absolute Gasteiger partial charge is 0.315 e. The molecule has 0 N–H and O–H groups in total. The van der Waals surface area contributed by atoms with Gasteiger partial charge in [-0.05, 0) is 18.1 Å². The van der Waals surface area contributed by atoms with Gasteiger partial charge >= 0.3 is 0 Å². The number of carbonyl (C=O) groups excluding carboxylic acids is 1. The van der Waals surface area contributed by atoms with E-state index in [-0.39, 0.29) is 11.1 Å². The lowest BCUT2D eigenvalue weighted by molar-refractivity contribution is 0.112. The van der Waals surface area contributed by atoms with Crippen LogP contribution in [0.3, 0.4) is 0 Å². The van der Waals surface area contributed by atoms with Gasteiger partial charge < -0.3 is 4.57 Å². The fourth-order valence-corrected chi connectivity index (χ4v) is 1.18. The fraction of sp³-hybridized carbons (Fsp3) is 0.400. The lowest BCUT2D eigenvalue weighted by Crippen LogP contribution is -2.24. The van der Waals surface area contributed by atoms with Crippen molar-refractivity contribution in [3.63, 3.8) is 0 Å². The molecule has 0 saturated heterocycles. The molecule has 0 saturated carbocycles. The number of aldehydes is 1. The van der Waals surface area contributed by atoms with E-state index in [0.717, 1.165) is 0 Å². The molecule has 70 valence electrons. The monoisotopic (exact) mass is 179 g/mol. The van der Waals surface area contributed by atoms with E-state index in [1.807, 2.05) is 13.8 Å². The van der Waals surface area contributed by atoms with Crippen molar-refractivity contribution in [2.75, 3.05) is 0 Å². The lowest BCUT2D eigenvalue weighted by atomic mass is 10.2. The van der Waals surface area contributed by atoms with Gasteiger partial charge in [-0.3, -0.25) is 9.59 Å². The van der Waals surface area contributed by atoms with E-state index in [1.54, 1.807) is 16.8 Å². The summed E-state index contributed by atoms with van der Waals surface area (Å²) in [6.45, 7) is 4.71. The Hall–Kier alpha value is -1.38. The van der Waals surface area contributed by atoms with Crippen molar-refractivity contribution in [3.05, 3.63) is 34.2 Å². The van der Waals surface area contributed by atoms with Gasteiger partial charge in [0, 0.05) is 12.7 Å². The lowest BCUT2D eigenvalue weighted by Gasteiger charge is -2.07. The average Bonchev–Trinajstić information content (AvgIpc) is 2.08. The molecule has 0 bridgehead atoms. The first-order valence-electron chi connectivity index (χ1n) is 4.29. The zero-order valence-electron chi connectivity index (χ0n) is 7.86. The highest BCUT2D eigenvalue weighted by atomic mass is 16.1. The third kappa shape index (κ3) is 2.28. The highest BCUT2D eigenvalue weighted by Crippen LogP contribution is 1.96. The van der Waals surface area contributed by atoms with Crippen LogP contribution in [0, 0.1) is 5.92 Å². The molecule has 3 nitrogen and oxygen atoms in total. The Labute approximate surface area is 77.0 Å². The Kier molecular flexibility index (Phi) is 3.01. The first-order valence-corrected chi connectivity index (χ1v) is 4.29. The number of hydrogen-bond acceptors (Lipinski definition) is 2. The summed E-state index contributed by atoms with van der Waals surface area (Å²) in [6.07, 6.45) is 2.30. The first kappa shape index (κ1) is 9.71. The van der Waals surface area contributed by atoms with Crippen LogP contribution in [0.1, 0.15) is 24.2 Å². The van der Waals surface area contributed by atoms with Crippen LogP contribution in [-0.4, -0.2) is 10.9 Å². The molecular weight excluding hydrogens is 166 g/mol. The Morgan fingerprint density at radius 1 is 1.54 bits per heavy atom. The van der Waals surface area contributed by atoms with E-state index in [1.165, 1.54) is 6.07 Å². The third-order valence-electron chi connectivity index (χ3n) is 1.74. The summed E-state index contributed by atoms with van der Waals surface area (Å²) in [5, 5.41) is 0. The van der Waals surface area contributed by atoms with Crippen LogP contribution in [0.25, 0.3) is 0 Å². The van der Waals surface area contributed by atoms with E-state index in [2.05, 4.69) is 0 Å².